The van der Waals surface area contributed by atoms with E-state index in [-0.39, 0.29) is 17.7 Å². The maximum Gasteiger partial charge on any atom is 0.229 e. The van der Waals surface area contributed by atoms with E-state index >= 15 is 0 Å². The van der Waals surface area contributed by atoms with Gasteiger partial charge in [-0.1, -0.05) is 6.07 Å². The number of benzene rings is 1. The average molecular weight is 242 g/mol. The molecule has 1 N–H and O–H groups in total. The standard InChI is InChI=1S/C10H11FN2O2S/c1-7-8(5-6-12)3-4-9(10(7)11)13-16(2,14)15/h3-4,13H,5H2,1-2H3. The number of halogens is 1. The lowest BCUT2D eigenvalue weighted by Crippen LogP contribution is -2.11. The van der Waals surface area contributed by atoms with Crippen LogP contribution in [-0.2, 0) is 16.4 Å². The second-order valence-corrected chi connectivity index (χ2v) is 5.17. The van der Waals surface area contributed by atoms with Crippen LogP contribution in [0.1, 0.15) is 11.1 Å². The van der Waals surface area contributed by atoms with Gasteiger partial charge in [0.05, 0.1) is 24.4 Å². The zero-order valence-electron chi connectivity index (χ0n) is 8.91. The summed E-state index contributed by atoms with van der Waals surface area (Å²) in [5.41, 5.74) is 0.746. The third-order valence-electron chi connectivity index (χ3n) is 2.06. The summed E-state index contributed by atoms with van der Waals surface area (Å²) in [6.07, 6.45) is 1.05. The molecular formula is C10H11FN2O2S. The lowest BCUT2D eigenvalue weighted by molar-refractivity contribution is 0.602. The van der Waals surface area contributed by atoms with Gasteiger partial charge in [-0.25, -0.2) is 12.8 Å². The first kappa shape index (κ1) is 12.5. The molecule has 0 aliphatic carbocycles. The Bertz CT molecular complexity index is 547. The number of hydrogen-bond acceptors (Lipinski definition) is 3. The molecule has 1 aromatic rings. The molecule has 0 aliphatic heterocycles. The Kier molecular flexibility index (Phi) is 3.50. The molecule has 86 valence electrons. The molecular weight excluding hydrogens is 231 g/mol. The van der Waals surface area contributed by atoms with Gasteiger partial charge in [0.15, 0.2) is 0 Å². The number of nitriles is 1. The molecule has 0 radical (unpaired) electrons. The van der Waals surface area contributed by atoms with Crippen molar-refractivity contribution < 1.29 is 12.8 Å². The first-order valence-corrected chi connectivity index (χ1v) is 6.37. The summed E-state index contributed by atoms with van der Waals surface area (Å²) >= 11 is 0. The Balaban J connectivity index is 3.18. The predicted octanol–water partition coefficient (Wildman–Crippen LogP) is 1.57. The third-order valence-corrected chi connectivity index (χ3v) is 2.65. The van der Waals surface area contributed by atoms with Crippen molar-refractivity contribution in [2.45, 2.75) is 13.3 Å². The van der Waals surface area contributed by atoms with Gasteiger partial charge in [-0.2, -0.15) is 5.26 Å². The van der Waals surface area contributed by atoms with E-state index in [0.29, 0.717) is 5.56 Å². The predicted molar refractivity (Wildman–Crippen MR) is 58.9 cm³/mol. The number of hydrogen-bond donors (Lipinski definition) is 1. The molecule has 0 unspecified atom stereocenters. The summed E-state index contributed by atoms with van der Waals surface area (Å²) in [5, 5.41) is 8.51. The Morgan fingerprint density at radius 2 is 2.12 bits per heavy atom. The summed E-state index contributed by atoms with van der Waals surface area (Å²) < 4.78 is 37.6. The van der Waals surface area contributed by atoms with E-state index in [1.165, 1.54) is 19.1 Å². The van der Waals surface area contributed by atoms with Crippen LogP contribution in [0.15, 0.2) is 12.1 Å². The summed E-state index contributed by atoms with van der Waals surface area (Å²) in [6, 6.07) is 4.77. The van der Waals surface area contributed by atoms with Crippen molar-refractivity contribution in [1.82, 2.24) is 0 Å². The summed E-state index contributed by atoms with van der Waals surface area (Å²) in [5.74, 6) is -0.641. The van der Waals surface area contributed by atoms with Gasteiger partial charge < -0.3 is 0 Å². The number of anilines is 1. The smallest absolute Gasteiger partial charge is 0.229 e. The van der Waals surface area contributed by atoms with Gasteiger partial charge in [0.2, 0.25) is 10.0 Å². The Morgan fingerprint density at radius 3 is 2.62 bits per heavy atom. The molecule has 1 rings (SSSR count). The van der Waals surface area contributed by atoms with Crippen LogP contribution in [0.2, 0.25) is 0 Å². The molecule has 0 saturated carbocycles. The van der Waals surface area contributed by atoms with Crippen LogP contribution >= 0.6 is 0 Å². The van der Waals surface area contributed by atoms with Gasteiger partial charge in [0.1, 0.15) is 5.82 Å². The molecule has 0 aliphatic rings. The topological polar surface area (TPSA) is 70.0 Å². The Hall–Kier alpha value is -1.61. The summed E-state index contributed by atoms with van der Waals surface area (Å²) in [7, 11) is -3.50. The van der Waals surface area contributed by atoms with E-state index in [2.05, 4.69) is 4.72 Å². The van der Waals surface area contributed by atoms with E-state index < -0.39 is 15.8 Å². The van der Waals surface area contributed by atoms with Gasteiger partial charge in [-0.3, -0.25) is 4.72 Å². The molecule has 4 nitrogen and oxygen atoms in total. The third kappa shape index (κ3) is 2.94. The van der Waals surface area contributed by atoms with Gasteiger partial charge in [-0.05, 0) is 24.1 Å². The van der Waals surface area contributed by atoms with Crippen LogP contribution in [0.4, 0.5) is 10.1 Å². The molecule has 16 heavy (non-hydrogen) atoms. The normalized spacial score (nSPS) is 10.9. The van der Waals surface area contributed by atoms with Crippen LogP contribution in [-0.4, -0.2) is 14.7 Å². The molecule has 0 amide bonds. The quantitative estimate of drug-likeness (QED) is 0.874. The minimum absolute atomic E-state index is 0.0957. The van der Waals surface area contributed by atoms with Crippen LogP contribution in [0.25, 0.3) is 0 Å². The van der Waals surface area contributed by atoms with E-state index in [1.807, 2.05) is 6.07 Å². The average Bonchev–Trinajstić information content (AvgIpc) is 2.16. The van der Waals surface area contributed by atoms with E-state index in [1.54, 1.807) is 0 Å². The van der Waals surface area contributed by atoms with Gasteiger partial charge in [0, 0.05) is 0 Å². The summed E-state index contributed by atoms with van der Waals surface area (Å²) in [4.78, 5) is 0. The lowest BCUT2D eigenvalue weighted by Gasteiger charge is -2.09. The first-order chi connectivity index (χ1) is 7.35. The largest absolute Gasteiger partial charge is 0.281 e. The fourth-order valence-electron chi connectivity index (χ4n) is 1.28. The molecule has 0 saturated heterocycles. The number of nitrogens with zero attached hydrogens (tertiary/aromatic N) is 1. The van der Waals surface area contributed by atoms with E-state index in [9.17, 15) is 12.8 Å². The molecule has 6 heteroatoms. The van der Waals surface area contributed by atoms with Crippen LogP contribution in [0, 0.1) is 24.1 Å². The highest BCUT2D eigenvalue weighted by Crippen LogP contribution is 2.22. The number of nitrogens with one attached hydrogen (secondary N) is 1. The molecule has 0 bridgehead atoms. The molecule has 0 atom stereocenters. The minimum Gasteiger partial charge on any atom is -0.281 e. The maximum atomic E-state index is 13.7. The molecule has 1 aromatic carbocycles. The molecule has 0 aromatic heterocycles. The SMILES string of the molecule is Cc1c(CC#N)ccc(NS(C)(=O)=O)c1F. The van der Waals surface area contributed by atoms with Crippen molar-refractivity contribution in [3.8, 4) is 6.07 Å². The van der Waals surface area contributed by atoms with Gasteiger partial charge in [0.25, 0.3) is 0 Å². The zero-order chi connectivity index (χ0) is 12.3. The molecule has 0 spiro atoms. The Morgan fingerprint density at radius 1 is 1.50 bits per heavy atom. The van der Waals surface area contributed by atoms with Crippen molar-refractivity contribution in [2.24, 2.45) is 0 Å². The van der Waals surface area contributed by atoms with Crippen molar-refractivity contribution >= 4 is 15.7 Å². The van der Waals surface area contributed by atoms with E-state index in [0.717, 1.165) is 6.26 Å². The van der Waals surface area contributed by atoms with Crippen molar-refractivity contribution in [3.63, 3.8) is 0 Å². The lowest BCUT2D eigenvalue weighted by atomic mass is 10.1. The van der Waals surface area contributed by atoms with Crippen molar-refractivity contribution in [2.75, 3.05) is 11.0 Å². The monoisotopic (exact) mass is 242 g/mol. The fraction of sp³-hybridized carbons (Fsp3) is 0.300. The highest BCUT2D eigenvalue weighted by atomic mass is 32.2. The van der Waals surface area contributed by atoms with Crippen molar-refractivity contribution in [3.05, 3.63) is 29.1 Å². The van der Waals surface area contributed by atoms with Gasteiger partial charge >= 0.3 is 0 Å². The summed E-state index contributed by atoms with van der Waals surface area (Å²) in [6.45, 7) is 1.51. The minimum atomic E-state index is -3.50. The van der Waals surface area contributed by atoms with Crippen molar-refractivity contribution in [1.29, 1.82) is 5.26 Å². The molecule has 0 heterocycles. The fourth-order valence-corrected chi connectivity index (χ4v) is 1.84. The van der Waals surface area contributed by atoms with Gasteiger partial charge in [-0.15, -0.1) is 0 Å². The Labute approximate surface area is 93.8 Å². The maximum absolute atomic E-state index is 13.7. The number of rotatable bonds is 3. The van der Waals surface area contributed by atoms with Crippen LogP contribution < -0.4 is 4.72 Å². The highest BCUT2D eigenvalue weighted by Gasteiger charge is 2.12. The zero-order valence-corrected chi connectivity index (χ0v) is 9.73. The second-order valence-electron chi connectivity index (χ2n) is 3.42. The number of sulfonamides is 1. The van der Waals surface area contributed by atoms with Crippen LogP contribution in [0.3, 0.4) is 0 Å². The van der Waals surface area contributed by atoms with Crippen LogP contribution in [0.5, 0.6) is 0 Å². The first-order valence-electron chi connectivity index (χ1n) is 4.48. The molecule has 0 fully saturated rings. The highest BCUT2D eigenvalue weighted by molar-refractivity contribution is 7.92. The second kappa shape index (κ2) is 4.49. The van der Waals surface area contributed by atoms with E-state index in [4.69, 9.17) is 5.26 Å².